The third-order valence-electron chi connectivity index (χ3n) is 3.73. The lowest BCUT2D eigenvalue weighted by Crippen LogP contribution is -2.21. The number of aromatic amines is 1. The molecule has 1 aromatic carbocycles. The zero-order valence-electron chi connectivity index (χ0n) is 12.9. The van der Waals surface area contributed by atoms with Gasteiger partial charge in [0.2, 0.25) is 0 Å². The molecular formula is C17H25N3O. The van der Waals surface area contributed by atoms with Gasteiger partial charge in [-0.25, -0.2) is 0 Å². The minimum atomic E-state index is 0.0204. The van der Waals surface area contributed by atoms with Gasteiger partial charge in [-0.3, -0.25) is 5.10 Å². The topological polar surface area (TPSA) is 60.9 Å². The van der Waals surface area contributed by atoms with E-state index in [9.17, 15) is 5.11 Å². The molecule has 0 aliphatic heterocycles. The highest BCUT2D eigenvalue weighted by Crippen LogP contribution is 2.21. The summed E-state index contributed by atoms with van der Waals surface area (Å²) < 4.78 is 0. The molecular weight excluding hydrogens is 262 g/mol. The van der Waals surface area contributed by atoms with Crippen LogP contribution in [-0.4, -0.2) is 28.5 Å². The van der Waals surface area contributed by atoms with Crippen molar-refractivity contribution in [1.29, 1.82) is 0 Å². The van der Waals surface area contributed by atoms with Gasteiger partial charge >= 0.3 is 0 Å². The zero-order valence-corrected chi connectivity index (χ0v) is 12.9. The summed E-state index contributed by atoms with van der Waals surface area (Å²) in [5, 5.41) is 19.9. The van der Waals surface area contributed by atoms with Crippen molar-refractivity contribution in [3.05, 3.63) is 42.1 Å². The number of nitrogens with one attached hydrogen (secondary N) is 2. The van der Waals surface area contributed by atoms with E-state index in [1.165, 1.54) is 5.56 Å². The van der Waals surface area contributed by atoms with Gasteiger partial charge in [0.25, 0.3) is 0 Å². The molecule has 0 atom stereocenters. The van der Waals surface area contributed by atoms with Crippen molar-refractivity contribution in [2.75, 3.05) is 13.2 Å². The van der Waals surface area contributed by atoms with E-state index >= 15 is 0 Å². The van der Waals surface area contributed by atoms with Crippen molar-refractivity contribution >= 4 is 0 Å². The number of aliphatic hydroxyl groups is 1. The summed E-state index contributed by atoms with van der Waals surface area (Å²) >= 11 is 0. The highest BCUT2D eigenvalue weighted by atomic mass is 16.3. The maximum absolute atomic E-state index is 9.23. The molecule has 0 radical (unpaired) electrons. The van der Waals surface area contributed by atoms with Crippen molar-refractivity contribution in [1.82, 2.24) is 15.5 Å². The van der Waals surface area contributed by atoms with Crippen LogP contribution in [0, 0.1) is 5.41 Å². The summed E-state index contributed by atoms with van der Waals surface area (Å²) in [5.74, 6) is 0. The standard InChI is InChI=1S/C17H25N3O/c1-17(2,13-21)9-6-10-18-11-15-12-19-20-16(15)14-7-4-3-5-8-14/h3-5,7-8,12,18,21H,6,9-11,13H2,1-2H3,(H,19,20). The van der Waals surface area contributed by atoms with Gasteiger partial charge in [0.15, 0.2) is 0 Å². The largest absolute Gasteiger partial charge is 0.396 e. The molecule has 1 heterocycles. The van der Waals surface area contributed by atoms with Gasteiger partial charge in [0.1, 0.15) is 0 Å². The Bertz CT molecular complexity index is 534. The number of aliphatic hydroxyl groups excluding tert-OH is 1. The highest BCUT2D eigenvalue weighted by molar-refractivity contribution is 5.62. The Balaban J connectivity index is 1.81. The fourth-order valence-corrected chi connectivity index (χ4v) is 2.29. The number of H-pyrrole nitrogens is 1. The van der Waals surface area contributed by atoms with E-state index in [-0.39, 0.29) is 12.0 Å². The fraction of sp³-hybridized carbons (Fsp3) is 0.471. The van der Waals surface area contributed by atoms with Crippen LogP contribution in [0.3, 0.4) is 0 Å². The van der Waals surface area contributed by atoms with Crippen molar-refractivity contribution in [2.45, 2.75) is 33.2 Å². The number of benzene rings is 1. The van der Waals surface area contributed by atoms with Crippen molar-refractivity contribution in [2.24, 2.45) is 5.41 Å². The molecule has 4 nitrogen and oxygen atoms in total. The van der Waals surface area contributed by atoms with Crippen molar-refractivity contribution in [3.63, 3.8) is 0 Å². The molecule has 0 spiro atoms. The summed E-state index contributed by atoms with van der Waals surface area (Å²) in [4.78, 5) is 0. The summed E-state index contributed by atoms with van der Waals surface area (Å²) in [7, 11) is 0. The lowest BCUT2D eigenvalue weighted by atomic mass is 9.89. The van der Waals surface area contributed by atoms with E-state index in [0.717, 1.165) is 37.2 Å². The number of rotatable bonds is 8. The SMILES string of the molecule is CC(C)(CO)CCCNCc1cn[nH]c1-c1ccccc1. The number of hydrogen-bond acceptors (Lipinski definition) is 3. The quantitative estimate of drug-likeness (QED) is 0.654. The first-order valence-corrected chi connectivity index (χ1v) is 7.52. The van der Waals surface area contributed by atoms with Gasteiger partial charge in [-0.05, 0) is 30.4 Å². The molecule has 0 fully saturated rings. The second-order valence-corrected chi connectivity index (χ2v) is 6.24. The van der Waals surface area contributed by atoms with Crippen LogP contribution in [0.25, 0.3) is 11.3 Å². The van der Waals surface area contributed by atoms with Crippen LogP contribution in [-0.2, 0) is 6.54 Å². The number of nitrogens with zero attached hydrogens (tertiary/aromatic N) is 1. The van der Waals surface area contributed by atoms with E-state index in [1.807, 2.05) is 24.4 Å². The minimum Gasteiger partial charge on any atom is -0.396 e. The van der Waals surface area contributed by atoms with E-state index in [0.29, 0.717) is 0 Å². The molecule has 0 saturated heterocycles. The van der Waals surface area contributed by atoms with Crippen LogP contribution in [0.5, 0.6) is 0 Å². The van der Waals surface area contributed by atoms with Gasteiger partial charge < -0.3 is 10.4 Å². The van der Waals surface area contributed by atoms with Gasteiger partial charge in [0, 0.05) is 18.7 Å². The van der Waals surface area contributed by atoms with Gasteiger partial charge in [0.05, 0.1) is 11.9 Å². The molecule has 21 heavy (non-hydrogen) atoms. The van der Waals surface area contributed by atoms with Crippen LogP contribution >= 0.6 is 0 Å². The summed E-state index contributed by atoms with van der Waals surface area (Å²) in [6.45, 7) is 6.18. The highest BCUT2D eigenvalue weighted by Gasteiger charge is 2.15. The summed E-state index contributed by atoms with van der Waals surface area (Å²) in [5.41, 5.74) is 3.45. The average molecular weight is 287 g/mol. The van der Waals surface area contributed by atoms with Gasteiger partial charge in [-0.2, -0.15) is 5.10 Å². The maximum Gasteiger partial charge on any atom is 0.0695 e. The molecule has 0 aliphatic carbocycles. The average Bonchev–Trinajstić information content (AvgIpc) is 2.96. The molecule has 114 valence electrons. The molecule has 4 heteroatoms. The third kappa shape index (κ3) is 4.69. The smallest absolute Gasteiger partial charge is 0.0695 e. The van der Waals surface area contributed by atoms with E-state index in [2.05, 4.69) is 41.5 Å². The lowest BCUT2D eigenvalue weighted by molar-refractivity contribution is 0.148. The Morgan fingerprint density at radius 3 is 2.71 bits per heavy atom. The monoisotopic (exact) mass is 287 g/mol. The van der Waals surface area contributed by atoms with E-state index < -0.39 is 0 Å². The van der Waals surface area contributed by atoms with Crippen molar-refractivity contribution in [3.8, 4) is 11.3 Å². The van der Waals surface area contributed by atoms with Crippen LogP contribution in [0.15, 0.2) is 36.5 Å². The Kier molecular flexibility index (Phi) is 5.53. The molecule has 1 aromatic heterocycles. The Morgan fingerprint density at radius 2 is 2.00 bits per heavy atom. The predicted octanol–water partition coefficient (Wildman–Crippen LogP) is 2.97. The van der Waals surface area contributed by atoms with Gasteiger partial charge in [-0.15, -0.1) is 0 Å². The Hall–Kier alpha value is -1.65. The zero-order chi connectivity index (χ0) is 15.1. The van der Waals surface area contributed by atoms with Crippen LogP contribution in [0.4, 0.5) is 0 Å². The summed E-state index contributed by atoms with van der Waals surface area (Å²) in [6.07, 6.45) is 3.96. The van der Waals surface area contributed by atoms with Gasteiger partial charge in [-0.1, -0.05) is 44.2 Å². The molecule has 0 bridgehead atoms. The predicted molar refractivity (Wildman–Crippen MR) is 85.8 cm³/mol. The van der Waals surface area contributed by atoms with E-state index in [4.69, 9.17) is 0 Å². The number of aromatic nitrogens is 2. The van der Waals surface area contributed by atoms with Crippen LogP contribution < -0.4 is 5.32 Å². The second-order valence-electron chi connectivity index (χ2n) is 6.24. The Morgan fingerprint density at radius 1 is 1.24 bits per heavy atom. The molecule has 0 amide bonds. The van der Waals surface area contributed by atoms with E-state index in [1.54, 1.807) is 0 Å². The fourth-order valence-electron chi connectivity index (χ4n) is 2.29. The molecule has 0 saturated carbocycles. The molecule has 2 aromatic rings. The molecule has 3 N–H and O–H groups in total. The first-order valence-electron chi connectivity index (χ1n) is 7.52. The molecule has 2 rings (SSSR count). The van der Waals surface area contributed by atoms with Crippen molar-refractivity contribution < 1.29 is 5.11 Å². The maximum atomic E-state index is 9.23. The minimum absolute atomic E-state index is 0.0204. The summed E-state index contributed by atoms with van der Waals surface area (Å²) in [6, 6.07) is 10.2. The molecule has 0 aliphatic rings. The first-order chi connectivity index (χ1) is 10.1. The first kappa shape index (κ1) is 15.7. The Labute approximate surface area is 126 Å². The second kappa shape index (κ2) is 7.38. The normalized spacial score (nSPS) is 11.8. The third-order valence-corrected chi connectivity index (χ3v) is 3.73. The number of hydrogen-bond donors (Lipinski definition) is 3. The van der Waals surface area contributed by atoms with Crippen LogP contribution in [0.1, 0.15) is 32.3 Å². The molecule has 0 unspecified atom stereocenters. The lowest BCUT2D eigenvalue weighted by Gasteiger charge is -2.21. The van der Waals surface area contributed by atoms with Crippen LogP contribution in [0.2, 0.25) is 0 Å².